The highest BCUT2D eigenvalue weighted by Gasteiger charge is 1.96. The number of hydrogen-bond acceptors (Lipinski definition) is 3. The van der Waals surface area contributed by atoms with Crippen LogP contribution in [0.1, 0.15) is 6.29 Å². The van der Waals surface area contributed by atoms with Gasteiger partial charge in [-0.25, -0.2) is 4.68 Å². The van der Waals surface area contributed by atoms with E-state index in [0.29, 0.717) is 0 Å². The molecule has 0 saturated heterocycles. The van der Waals surface area contributed by atoms with Crippen LogP contribution < -0.4 is 11.1 Å². The van der Waals surface area contributed by atoms with E-state index in [1.54, 1.807) is 24.1 Å². The van der Waals surface area contributed by atoms with Gasteiger partial charge in [0.25, 0.3) is 0 Å². The van der Waals surface area contributed by atoms with E-state index in [1.165, 1.54) is 0 Å². The molecular formula is C5H10N4. The van der Waals surface area contributed by atoms with E-state index >= 15 is 0 Å². The molecule has 0 aliphatic rings. The first-order chi connectivity index (χ1) is 4.34. The van der Waals surface area contributed by atoms with Crippen LogP contribution in [0.4, 0.5) is 0 Å². The van der Waals surface area contributed by atoms with E-state index in [0.717, 1.165) is 0 Å². The third kappa shape index (κ3) is 1.28. The Bertz CT molecular complexity index is 157. The molecule has 0 aliphatic heterocycles. The summed E-state index contributed by atoms with van der Waals surface area (Å²) < 4.78 is 1.64. The number of hydrogen-bond donors (Lipinski definition) is 2. The maximum absolute atomic E-state index is 5.53. The summed E-state index contributed by atoms with van der Waals surface area (Å²) in [6.07, 6.45) is 3.29. The summed E-state index contributed by atoms with van der Waals surface area (Å²) in [6.45, 7) is 0. The van der Waals surface area contributed by atoms with Gasteiger partial charge in [-0.15, -0.1) is 0 Å². The molecule has 4 nitrogen and oxygen atoms in total. The van der Waals surface area contributed by atoms with Crippen LogP contribution in [0.3, 0.4) is 0 Å². The van der Waals surface area contributed by atoms with Crippen LogP contribution in [-0.2, 0) is 0 Å². The normalized spacial score (nSPS) is 13.6. The predicted molar refractivity (Wildman–Crippen MR) is 34.5 cm³/mol. The van der Waals surface area contributed by atoms with Crippen molar-refractivity contribution in [3.8, 4) is 0 Å². The smallest absolute Gasteiger partial charge is 0.152 e. The van der Waals surface area contributed by atoms with Gasteiger partial charge >= 0.3 is 0 Å². The molecule has 0 fully saturated rings. The van der Waals surface area contributed by atoms with Crippen molar-refractivity contribution >= 4 is 0 Å². The van der Waals surface area contributed by atoms with Crippen molar-refractivity contribution in [3.63, 3.8) is 0 Å². The predicted octanol–water partition coefficient (Wildman–Crippen LogP) is -0.483. The van der Waals surface area contributed by atoms with Gasteiger partial charge < -0.3 is 0 Å². The molecule has 1 heterocycles. The minimum atomic E-state index is -0.208. The average Bonchev–Trinajstić information content (AvgIpc) is 2.37. The van der Waals surface area contributed by atoms with E-state index in [-0.39, 0.29) is 6.29 Å². The molecule has 1 aromatic heterocycles. The number of nitrogens with two attached hydrogens (primary N) is 1. The molecule has 9 heavy (non-hydrogen) atoms. The SMILES string of the molecule is CNC(N)n1cccn1. The van der Waals surface area contributed by atoms with E-state index in [1.807, 2.05) is 6.07 Å². The Hall–Kier alpha value is -0.870. The third-order valence-corrected chi connectivity index (χ3v) is 1.11. The second kappa shape index (κ2) is 2.61. The first kappa shape index (κ1) is 6.25. The van der Waals surface area contributed by atoms with Crippen LogP contribution in [0.15, 0.2) is 18.5 Å². The van der Waals surface area contributed by atoms with Crippen molar-refractivity contribution in [1.82, 2.24) is 15.1 Å². The van der Waals surface area contributed by atoms with Gasteiger partial charge in [0.15, 0.2) is 6.29 Å². The molecule has 0 aromatic carbocycles. The first-order valence-corrected chi connectivity index (χ1v) is 2.76. The van der Waals surface area contributed by atoms with Crippen molar-refractivity contribution in [2.45, 2.75) is 6.29 Å². The Morgan fingerprint density at radius 3 is 3.00 bits per heavy atom. The molecule has 4 heteroatoms. The first-order valence-electron chi connectivity index (χ1n) is 2.76. The lowest BCUT2D eigenvalue weighted by Gasteiger charge is -2.08. The molecule has 0 bridgehead atoms. The Kier molecular flexibility index (Phi) is 1.81. The van der Waals surface area contributed by atoms with Crippen molar-refractivity contribution in [3.05, 3.63) is 18.5 Å². The number of rotatable bonds is 2. The largest absolute Gasteiger partial charge is 0.297 e. The molecule has 0 aliphatic carbocycles. The van der Waals surface area contributed by atoms with E-state index in [9.17, 15) is 0 Å². The van der Waals surface area contributed by atoms with Gasteiger partial charge in [0.05, 0.1) is 0 Å². The fourth-order valence-corrected chi connectivity index (χ4v) is 0.577. The lowest BCUT2D eigenvalue weighted by atomic mass is 10.7. The van der Waals surface area contributed by atoms with E-state index in [2.05, 4.69) is 10.4 Å². The molecule has 1 atom stereocenters. The third-order valence-electron chi connectivity index (χ3n) is 1.11. The van der Waals surface area contributed by atoms with E-state index < -0.39 is 0 Å². The molecule has 3 N–H and O–H groups in total. The highest BCUT2D eigenvalue weighted by molar-refractivity contribution is 4.79. The maximum atomic E-state index is 5.53. The maximum Gasteiger partial charge on any atom is 0.152 e. The van der Waals surface area contributed by atoms with Gasteiger partial charge in [0.1, 0.15) is 0 Å². The van der Waals surface area contributed by atoms with Crippen LogP contribution in [0.2, 0.25) is 0 Å². The van der Waals surface area contributed by atoms with Gasteiger partial charge in [0, 0.05) is 12.4 Å². The zero-order valence-corrected chi connectivity index (χ0v) is 5.28. The lowest BCUT2D eigenvalue weighted by molar-refractivity contribution is 0.412. The van der Waals surface area contributed by atoms with Gasteiger partial charge in [0.2, 0.25) is 0 Å². The Labute approximate surface area is 53.7 Å². The zero-order valence-electron chi connectivity index (χ0n) is 5.28. The van der Waals surface area contributed by atoms with Crippen LogP contribution >= 0.6 is 0 Å². The molecule has 1 unspecified atom stereocenters. The summed E-state index contributed by atoms with van der Waals surface area (Å²) in [5.41, 5.74) is 5.53. The topological polar surface area (TPSA) is 55.9 Å². The monoisotopic (exact) mass is 126 g/mol. The van der Waals surface area contributed by atoms with Crippen LogP contribution in [0.25, 0.3) is 0 Å². The van der Waals surface area contributed by atoms with E-state index in [4.69, 9.17) is 5.73 Å². The van der Waals surface area contributed by atoms with Gasteiger partial charge in [-0.2, -0.15) is 5.10 Å². The fraction of sp³-hybridized carbons (Fsp3) is 0.400. The average molecular weight is 126 g/mol. The lowest BCUT2D eigenvalue weighted by Crippen LogP contribution is -2.31. The molecular weight excluding hydrogens is 116 g/mol. The van der Waals surface area contributed by atoms with Gasteiger partial charge in [-0.3, -0.25) is 11.1 Å². The standard InChI is InChI=1S/C5H10N4/c1-7-5(6)9-4-2-3-8-9/h2-5,7H,6H2,1H3. The number of aromatic nitrogens is 2. The minimum Gasteiger partial charge on any atom is -0.297 e. The second-order valence-corrected chi connectivity index (χ2v) is 1.72. The summed E-state index contributed by atoms with van der Waals surface area (Å²) >= 11 is 0. The second-order valence-electron chi connectivity index (χ2n) is 1.72. The Balaban J connectivity index is 2.65. The van der Waals surface area contributed by atoms with Crippen molar-refractivity contribution in [2.24, 2.45) is 5.73 Å². The minimum absolute atomic E-state index is 0.208. The number of nitrogens with zero attached hydrogens (tertiary/aromatic N) is 2. The van der Waals surface area contributed by atoms with Crippen molar-refractivity contribution < 1.29 is 0 Å². The van der Waals surface area contributed by atoms with Crippen LogP contribution in [-0.4, -0.2) is 16.8 Å². The summed E-state index contributed by atoms with van der Waals surface area (Å²) in [5.74, 6) is 0. The van der Waals surface area contributed by atoms with Crippen LogP contribution in [0.5, 0.6) is 0 Å². The Morgan fingerprint density at radius 1 is 1.78 bits per heavy atom. The molecule has 1 rings (SSSR count). The zero-order chi connectivity index (χ0) is 6.69. The highest BCUT2D eigenvalue weighted by atomic mass is 15.4. The fourth-order valence-electron chi connectivity index (χ4n) is 0.577. The van der Waals surface area contributed by atoms with Crippen molar-refractivity contribution in [1.29, 1.82) is 0 Å². The van der Waals surface area contributed by atoms with Crippen molar-refractivity contribution in [2.75, 3.05) is 7.05 Å². The highest BCUT2D eigenvalue weighted by Crippen LogP contribution is 1.88. The molecule has 0 spiro atoms. The molecule has 50 valence electrons. The number of nitrogens with one attached hydrogen (secondary N) is 1. The molecule has 0 saturated carbocycles. The molecule has 0 radical (unpaired) electrons. The summed E-state index contributed by atoms with van der Waals surface area (Å²) in [6, 6.07) is 1.83. The summed E-state index contributed by atoms with van der Waals surface area (Å²) in [4.78, 5) is 0. The van der Waals surface area contributed by atoms with Gasteiger partial charge in [-0.05, 0) is 13.1 Å². The molecule has 0 amide bonds. The van der Waals surface area contributed by atoms with Crippen LogP contribution in [0, 0.1) is 0 Å². The Morgan fingerprint density at radius 2 is 2.56 bits per heavy atom. The molecule has 1 aromatic rings. The summed E-state index contributed by atoms with van der Waals surface area (Å²) in [7, 11) is 1.78. The van der Waals surface area contributed by atoms with Gasteiger partial charge in [-0.1, -0.05) is 0 Å². The quantitative estimate of drug-likeness (QED) is 0.526. The summed E-state index contributed by atoms with van der Waals surface area (Å²) in [5, 5.41) is 6.76.